The molecule has 1 heterocycles. The number of benzene rings is 8. The maximum Gasteiger partial charge on any atom is 0.0803 e. The second kappa shape index (κ2) is 9.86. The van der Waals surface area contributed by atoms with Gasteiger partial charge in [-0.15, -0.1) is 0 Å². The summed E-state index contributed by atoms with van der Waals surface area (Å²) >= 11 is 0. The monoisotopic (exact) mass is 558 g/mol. The third-order valence-electron chi connectivity index (χ3n) is 8.75. The van der Waals surface area contributed by atoms with E-state index in [1.54, 1.807) is 0 Å². The average molecular weight is 559 g/mol. The molecule has 0 N–H and O–H groups in total. The van der Waals surface area contributed by atoms with Crippen molar-refractivity contribution in [3.05, 3.63) is 180 Å². The molecule has 204 valence electrons. The van der Waals surface area contributed by atoms with Gasteiger partial charge in [-0.25, -0.2) is 9.98 Å². The Morgan fingerprint density at radius 2 is 0.591 bits per heavy atom. The zero-order valence-electron chi connectivity index (χ0n) is 23.9. The van der Waals surface area contributed by atoms with Gasteiger partial charge in [-0.3, -0.25) is 0 Å². The normalized spacial score (nSPS) is 15.2. The molecule has 8 aromatic carbocycles. The van der Waals surface area contributed by atoms with E-state index < -0.39 is 0 Å². The largest absolute Gasteiger partial charge is 0.247 e. The van der Waals surface area contributed by atoms with Gasteiger partial charge in [0.15, 0.2) is 0 Å². The fourth-order valence-electron chi connectivity index (χ4n) is 6.50. The molecule has 0 unspecified atom stereocenters. The van der Waals surface area contributed by atoms with Gasteiger partial charge in [-0.05, 0) is 79.5 Å². The number of nitrogens with zero attached hydrogens (tertiary/aromatic N) is 2. The SMILES string of the molecule is c1ccc2cc(/C3=N/c4cc5ccccc5cc4/C(c4ccc5ccccc5c4)=N\c4cc5ccccc5cc43)ccc2c1. The lowest BCUT2D eigenvalue weighted by molar-refractivity contribution is 1.41. The van der Waals surface area contributed by atoms with Crippen molar-refractivity contribution in [3.63, 3.8) is 0 Å². The standard InChI is InChI=1S/C42H26N2/c1-3-11-29-21-35(19-17-27(29)9-1)41-37-23-31-13-5-7-15-33(31)25-39(37)44-42(36-20-18-28-10-2-4-12-30(28)22-36)38-24-32-14-6-8-16-34(32)26-40(38)43-41/h1-26H/b41-37?,42-38?,43-40?,43-41-,44-39?,44-42-. The molecular weight excluding hydrogens is 532 g/mol. The maximum atomic E-state index is 5.55. The van der Waals surface area contributed by atoms with Crippen molar-refractivity contribution in [1.82, 2.24) is 0 Å². The van der Waals surface area contributed by atoms with Gasteiger partial charge in [-0.1, -0.05) is 121 Å². The fourth-order valence-corrected chi connectivity index (χ4v) is 6.50. The summed E-state index contributed by atoms with van der Waals surface area (Å²) in [6.45, 7) is 0. The minimum Gasteiger partial charge on any atom is -0.247 e. The second-order valence-electron chi connectivity index (χ2n) is 11.5. The molecule has 0 atom stereocenters. The topological polar surface area (TPSA) is 24.7 Å². The molecule has 2 nitrogen and oxygen atoms in total. The van der Waals surface area contributed by atoms with Gasteiger partial charge in [0.25, 0.3) is 0 Å². The molecule has 8 aromatic rings. The lowest BCUT2D eigenvalue weighted by Gasteiger charge is -2.20. The highest BCUT2D eigenvalue weighted by Gasteiger charge is 2.22. The van der Waals surface area contributed by atoms with Gasteiger partial charge in [0, 0.05) is 22.3 Å². The minimum absolute atomic E-state index is 0.914. The van der Waals surface area contributed by atoms with Crippen molar-refractivity contribution >= 4 is 65.9 Å². The van der Waals surface area contributed by atoms with E-state index in [4.69, 9.17) is 9.98 Å². The smallest absolute Gasteiger partial charge is 0.0803 e. The Bertz CT molecular complexity index is 2320. The van der Waals surface area contributed by atoms with E-state index >= 15 is 0 Å². The van der Waals surface area contributed by atoms with Gasteiger partial charge in [0.05, 0.1) is 22.8 Å². The zero-order valence-corrected chi connectivity index (χ0v) is 23.9. The molecule has 2 heteroatoms. The third-order valence-corrected chi connectivity index (χ3v) is 8.75. The lowest BCUT2D eigenvalue weighted by Crippen LogP contribution is -2.10. The number of fused-ring (bicyclic) bond motifs is 6. The van der Waals surface area contributed by atoms with Gasteiger partial charge < -0.3 is 0 Å². The Hall–Kier alpha value is -5.86. The minimum atomic E-state index is 0.914. The molecule has 0 saturated heterocycles. The predicted molar refractivity (Wildman–Crippen MR) is 186 cm³/mol. The molecule has 0 aliphatic carbocycles. The summed E-state index contributed by atoms with van der Waals surface area (Å²) in [4.78, 5) is 11.1. The van der Waals surface area contributed by atoms with Crippen LogP contribution >= 0.6 is 0 Å². The van der Waals surface area contributed by atoms with Crippen LogP contribution in [0.1, 0.15) is 22.3 Å². The molecule has 1 aliphatic heterocycles. The Kier molecular flexibility index (Phi) is 5.54. The summed E-state index contributed by atoms with van der Waals surface area (Å²) in [5, 5.41) is 9.46. The van der Waals surface area contributed by atoms with Crippen LogP contribution in [0.25, 0.3) is 43.1 Å². The molecule has 0 bridgehead atoms. The quantitative estimate of drug-likeness (QED) is 0.202. The van der Waals surface area contributed by atoms with E-state index in [0.29, 0.717) is 0 Å². The van der Waals surface area contributed by atoms with Crippen molar-refractivity contribution in [3.8, 4) is 0 Å². The highest BCUT2D eigenvalue weighted by molar-refractivity contribution is 6.25. The van der Waals surface area contributed by atoms with Crippen LogP contribution in [-0.4, -0.2) is 11.4 Å². The van der Waals surface area contributed by atoms with Crippen molar-refractivity contribution in [2.24, 2.45) is 9.98 Å². The van der Waals surface area contributed by atoms with Crippen LogP contribution in [0.15, 0.2) is 168 Å². The lowest BCUT2D eigenvalue weighted by atomic mass is 9.92. The number of rotatable bonds is 2. The first-order valence-electron chi connectivity index (χ1n) is 15.0. The summed E-state index contributed by atoms with van der Waals surface area (Å²) in [6, 6.07) is 56.2. The van der Waals surface area contributed by atoms with E-state index in [2.05, 4.69) is 158 Å². The van der Waals surface area contributed by atoms with Crippen molar-refractivity contribution in [2.75, 3.05) is 0 Å². The summed E-state index contributed by atoms with van der Waals surface area (Å²) < 4.78 is 0. The van der Waals surface area contributed by atoms with E-state index in [1.807, 2.05) is 0 Å². The predicted octanol–water partition coefficient (Wildman–Crippen LogP) is 11.0. The number of hydrogen-bond acceptors (Lipinski definition) is 2. The van der Waals surface area contributed by atoms with Crippen molar-refractivity contribution in [1.29, 1.82) is 0 Å². The average Bonchev–Trinajstić information content (AvgIpc) is 3.08. The molecular formula is C42H26N2. The molecule has 44 heavy (non-hydrogen) atoms. The highest BCUT2D eigenvalue weighted by Crippen LogP contribution is 2.38. The molecule has 0 aromatic heterocycles. The Balaban J connectivity index is 1.39. The third kappa shape index (κ3) is 4.11. The van der Waals surface area contributed by atoms with Gasteiger partial charge in [-0.2, -0.15) is 0 Å². The molecule has 0 fully saturated rings. The van der Waals surface area contributed by atoms with Crippen molar-refractivity contribution in [2.45, 2.75) is 0 Å². The maximum absolute atomic E-state index is 5.55. The number of aliphatic imine (C=N–C) groups is 2. The molecule has 0 spiro atoms. The molecule has 0 amide bonds. The van der Waals surface area contributed by atoms with Crippen LogP contribution in [0, 0.1) is 0 Å². The van der Waals surface area contributed by atoms with E-state index in [1.165, 1.54) is 32.3 Å². The summed E-state index contributed by atoms with van der Waals surface area (Å²) in [5.74, 6) is 0. The van der Waals surface area contributed by atoms with Crippen LogP contribution in [-0.2, 0) is 0 Å². The van der Waals surface area contributed by atoms with E-state index in [-0.39, 0.29) is 0 Å². The Morgan fingerprint density at radius 3 is 0.977 bits per heavy atom. The van der Waals surface area contributed by atoms with Crippen LogP contribution in [0.5, 0.6) is 0 Å². The van der Waals surface area contributed by atoms with Crippen LogP contribution in [0.2, 0.25) is 0 Å². The highest BCUT2D eigenvalue weighted by atomic mass is 14.8. The van der Waals surface area contributed by atoms with Crippen molar-refractivity contribution < 1.29 is 0 Å². The molecule has 0 saturated carbocycles. The molecule has 0 radical (unpaired) electrons. The molecule has 1 aliphatic rings. The summed E-state index contributed by atoms with van der Waals surface area (Å²) in [7, 11) is 0. The summed E-state index contributed by atoms with van der Waals surface area (Å²) in [6.07, 6.45) is 0. The van der Waals surface area contributed by atoms with Crippen LogP contribution in [0.3, 0.4) is 0 Å². The zero-order chi connectivity index (χ0) is 29.0. The first kappa shape index (κ1) is 24.7. The second-order valence-corrected chi connectivity index (χ2v) is 11.5. The van der Waals surface area contributed by atoms with Crippen LogP contribution in [0.4, 0.5) is 11.4 Å². The Morgan fingerprint density at radius 1 is 0.273 bits per heavy atom. The molecule has 9 rings (SSSR count). The number of hydrogen-bond donors (Lipinski definition) is 0. The first-order chi connectivity index (χ1) is 21.8. The Labute approximate surface area is 255 Å². The van der Waals surface area contributed by atoms with E-state index in [9.17, 15) is 0 Å². The van der Waals surface area contributed by atoms with Gasteiger partial charge in [0.1, 0.15) is 0 Å². The first-order valence-corrected chi connectivity index (χ1v) is 15.0. The summed E-state index contributed by atoms with van der Waals surface area (Å²) in [5.41, 5.74) is 7.87. The van der Waals surface area contributed by atoms with Gasteiger partial charge in [0.2, 0.25) is 0 Å². The fraction of sp³-hybridized carbons (Fsp3) is 0. The van der Waals surface area contributed by atoms with Crippen LogP contribution < -0.4 is 0 Å². The van der Waals surface area contributed by atoms with E-state index in [0.717, 1.165) is 55.8 Å². The van der Waals surface area contributed by atoms with Gasteiger partial charge >= 0.3 is 0 Å².